The van der Waals surface area contributed by atoms with Crippen molar-refractivity contribution in [1.82, 2.24) is 0 Å². The SMILES string of the molecule is CCCCCCCC/C=C(/F)CCCCCCCC(=O)OC. The Hall–Kier alpha value is -0.860. The van der Waals surface area contributed by atoms with Gasteiger partial charge in [-0.05, 0) is 32.1 Å². The number of hydrogen-bond acceptors (Lipinski definition) is 2. The van der Waals surface area contributed by atoms with Crippen LogP contribution in [-0.4, -0.2) is 13.1 Å². The van der Waals surface area contributed by atoms with E-state index in [1.807, 2.05) is 0 Å². The van der Waals surface area contributed by atoms with Crippen LogP contribution in [0.5, 0.6) is 0 Å². The lowest BCUT2D eigenvalue weighted by Gasteiger charge is -2.01. The summed E-state index contributed by atoms with van der Waals surface area (Å²) in [6.45, 7) is 2.22. The Morgan fingerprint density at radius 2 is 1.41 bits per heavy atom. The van der Waals surface area contributed by atoms with Crippen molar-refractivity contribution in [2.24, 2.45) is 0 Å². The summed E-state index contributed by atoms with van der Waals surface area (Å²) in [5.74, 6) is -0.0770. The molecule has 0 aromatic carbocycles. The summed E-state index contributed by atoms with van der Waals surface area (Å²) in [6, 6.07) is 0. The maximum atomic E-state index is 13.6. The molecular formula is C19H35FO2. The monoisotopic (exact) mass is 314 g/mol. The molecule has 2 nitrogen and oxygen atoms in total. The van der Waals surface area contributed by atoms with E-state index in [-0.39, 0.29) is 11.8 Å². The molecule has 0 spiro atoms. The number of carbonyl (C=O) groups is 1. The van der Waals surface area contributed by atoms with E-state index in [1.54, 1.807) is 6.08 Å². The lowest BCUT2D eigenvalue weighted by molar-refractivity contribution is -0.140. The van der Waals surface area contributed by atoms with Gasteiger partial charge in [0.25, 0.3) is 0 Å². The highest BCUT2D eigenvalue weighted by atomic mass is 19.1. The Morgan fingerprint density at radius 3 is 2.05 bits per heavy atom. The fourth-order valence-corrected chi connectivity index (χ4v) is 2.48. The van der Waals surface area contributed by atoms with E-state index in [0.717, 1.165) is 44.9 Å². The first-order chi connectivity index (χ1) is 10.7. The molecule has 0 aliphatic heterocycles. The molecule has 22 heavy (non-hydrogen) atoms. The maximum Gasteiger partial charge on any atom is 0.305 e. The summed E-state index contributed by atoms with van der Waals surface area (Å²) in [5, 5.41) is 0. The van der Waals surface area contributed by atoms with Crippen LogP contribution in [0.15, 0.2) is 11.9 Å². The molecule has 0 saturated carbocycles. The van der Waals surface area contributed by atoms with Gasteiger partial charge < -0.3 is 4.74 Å². The summed E-state index contributed by atoms with van der Waals surface area (Å²) in [7, 11) is 1.42. The van der Waals surface area contributed by atoms with Crippen molar-refractivity contribution in [3.05, 3.63) is 11.9 Å². The quantitative estimate of drug-likeness (QED) is 0.255. The van der Waals surface area contributed by atoms with Crippen LogP contribution in [0.25, 0.3) is 0 Å². The highest BCUT2D eigenvalue weighted by Gasteiger charge is 2.00. The molecule has 0 rings (SSSR count). The number of unbranched alkanes of at least 4 members (excludes halogenated alkanes) is 10. The van der Waals surface area contributed by atoms with Crippen molar-refractivity contribution in [3.63, 3.8) is 0 Å². The maximum absolute atomic E-state index is 13.6. The van der Waals surface area contributed by atoms with Gasteiger partial charge in [-0.2, -0.15) is 0 Å². The molecule has 0 aliphatic rings. The first-order valence-corrected chi connectivity index (χ1v) is 9.12. The molecule has 3 heteroatoms. The molecular weight excluding hydrogens is 279 g/mol. The molecule has 0 heterocycles. The van der Waals surface area contributed by atoms with Crippen LogP contribution in [0, 0.1) is 0 Å². The summed E-state index contributed by atoms with van der Waals surface area (Å²) in [5.41, 5.74) is 0. The van der Waals surface area contributed by atoms with Gasteiger partial charge in [-0.25, -0.2) is 4.39 Å². The molecule has 0 aliphatic carbocycles. The number of carbonyl (C=O) groups excluding carboxylic acids is 1. The van der Waals surface area contributed by atoms with Crippen LogP contribution >= 0.6 is 0 Å². The van der Waals surface area contributed by atoms with E-state index in [9.17, 15) is 9.18 Å². The summed E-state index contributed by atoms with van der Waals surface area (Å²) in [6.07, 6.45) is 16.2. The third kappa shape index (κ3) is 15.5. The number of esters is 1. The van der Waals surface area contributed by atoms with Gasteiger partial charge in [0, 0.05) is 6.42 Å². The molecule has 0 fully saturated rings. The zero-order valence-corrected chi connectivity index (χ0v) is 14.7. The fourth-order valence-electron chi connectivity index (χ4n) is 2.48. The number of ether oxygens (including phenoxy) is 1. The van der Waals surface area contributed by atoms with Gasteiger partial charge in [0.05, 0.1) is 12.9 Å². The second-order valence-electron chi connectivity index (χ2n) is 6.05. The fraction of sp³-hybridized carbons (Fsp3) is 0.842. The number of methoxy groups -OCH3 is 1. The first-order valence-electron chi connectivity index (χ1n) is 9.12. The molecule has 0 aromatic rings. The molecule has 0 amide bonds. The zero-order chi connectivity index (χ0) is 16.5. The van der Waals surface area contributed by atoms with Crippen LogP contribution in [0.2, 0.25) is 0 Å². The lowest BCUT2D eigenvalue weighted by Crippen LogP contribution is -1.99. The molecule has 0 bridgehead atoms. The van der Waals surface area contributed by atoms with Gasteiger partial charge in [0.1, 0.15) is 0 Å². The van der Waals surface area contributed by atoms with E-state index in [4.69, 9.17) is 0 Å². The standard InChI is InChI=1S/C19H35FO2/c1-3-4-5-6-7-9-12-15-18(20)16-13-10-8-11-14-17-19(21)22-2/h15H,3-14,16-17H2,1-2H3/b18-15+. The van der Waals surface area contributed by atoms with Crippen molar-refractivity contribution in [1.29, 1.82) is 0 Å². The highest BCUT2D eigenvalue weighted by Crippen LogP contribution is 2.15. The zero-order valence-electron chi connectivity index (χ0n) is 14.7. The Morgan fingerprint density at radius 1 is 0.864 bits per heavy atom. The van der Waals surface area contributed by atoms with E-state index in [0.29, 0.717) is 12.8 Å². The molecule has 0 saturated heterocycles. The second kappa shape index (κ2) is 16.5. The van der Waals surface area contributed by atoms with Crippen molar-refractivity contribution < 1.29 is 13.9 Å². The minimum Gasteiger partial charge on any atom is -0.469 e. The predicted octanol–water partition coefficient (Wildman–Crippen LogP) is 6.49. The third-order valence-electron chi connectivity index (χ3n) is 3.95. The summed E-state index contributed by atoms with van der Waals surface area (Å²) < 4.78 is 18.1. The van der Waals surface area contributed by atoms with E-state index in [1.165, 1.54) is 39.2 Å². The highest BCUT2D eigenvalue weighted by molar-refractivity contribution is 5.68. The van der Waals surface area contributed by atoms with Gasteiger partial charge in [-0.15, -0.1) is 0 Å². The van der Waals surface area contributed by atoms with Crippen LogP contribution in [0.1, 0.15) is 96.8 Å². The average Bonchev–Trinajstić information content (AvgIpc) is 2.52. The van der Waals surface area contributed by atoms with E-state index in [2.05, 4.69) is 11.7 Å². The van der Waals surface area contributed by atoms with Crippen LogP contribution in [0.3, 0.4) is 0 Å². The molecule has 0 unspecified atom stereocenters. The van der Waals surface area contributed by atoms with Gasteiger partial charge >= 0.3 is 5.97 Å². The summed E-state index contributed by atoms with van der Waals surface area (Å²) >= 11 is 0. The Kier molecular flexibility index (Phi) is 15.9. The molecule has 0 atom stereocenters. The van der Waals surface area contributed by atoms with Gasteiger partial charge in [0.15, 0.2) is 0 Å². The number of rotatable bonds is 15. The van der Waals surface area contributed by atoms with Crippen molar-refractivity contribution >= 4 is 5.97 Å². The van der Waals surface area contributed by atoms with Gasteiger partial charge in [0.2, 0.25) is 0 Å². The van der Waals surface area contributed by atoms with Crippen LogP contribution < -0.4 is 0 Å². The van der Waals surface area contributed by atoms with Crippen LogP contribution in [0.4, 0.5) is 4.39 Å². The normalized spacial score (nSPS) is 11.7. The molecule has 0 radical (unpaired) electrons. The Balaban J connectivity index is 3.32. The van der Waals surface area contributed by atoms with Gasteiger partial charge in [-0.1, -0.05) is 64.4 Å². The molecule has 0 N–H and O–H groups in total. The number of allylic oxidation sites excluding steroid dienone is 2. The second-order valence-corrected chi connectivity index (χ2v) is 6.05. The molecule has 0 aromatic heterocycles. The predicted molar refractivity (Wildman–Crippen MR) is 91.5 cm³/mol. The summed E-state index contributed by atoms with van der Waals surface area (Å²) in [4.78, 5) is 10.9. The largest absolute Gasteiger partial charge is 0.469 e. The van der Waals surface area contributed by atoms with Crippen molar-refractivity contribution in [2.45, 2.75) is 96.8 Å². The Bertz CT molecular complexity index is 287. The van der Waals surface area contributed by atoms with Crippen LogP contribution in [-0.2, 0) is 9.53 Å². The number of halogens is 1. The van der Waals surface area contributed by atoms with Gasteiger partial charge in [-0.3, -0.25) is 4.79 Å². The smallest absolute Gasteiger partial charge is 0.305 e. The van der Waals surface area contributed by atoms with Crippen molar-refractivity contribution in [3.8, 4) is 0 Å². The number of hydrogen-bond donors (Lipinski definition) is 0. The topological polar surface area (TPSA) is 26.3 Å². The molecule has 130 valence electrons. The minimum atomic E-state index is -0.135. The van der Waals surface area contributed by atoms with E-state index >= 15 is 0 Å². The average molecular weight is 314 g/mol. The van der Waals surface area contributed by atoms with E-state index < -0.39 is 0 Å². The minimum absolute atomic E-state index is 0.0584. The third-order valence-corrected chi connectivity index (χ3v) is 3.95. The Labute approximate surface area is 136 Å². The first kappa shape index (κ1) is 21.1. The lowest BCUT2D eigenvalue weighted by atomic mass is 10.1. The van der Waals surface area contributed by atoms with Crippen molar-refractivity contribution in [2.75, 3.05) is 7.11 Å².